The van der Waals surface area contributed by atoms with E-state index in [0.29, 0.717) is 12.0 Å². The fourth-order valence-corrected chi connectivity index (χ4v) is 2.09. The summed E-state index contributed by atoms with van der Waals surface area (Å²) in [6, 6.07) is 5.49. The maximum atomic E-state index is 13.1. The Bertz CT molecular complexity index is 363. The number of hydrogen-bond donors (Lipinski definition) is 2. The van der Waals surface area contributed by atoms with Crippen molar-refractivity contribution in [2.75, 3.05) is 18.4 Å². The second kappa shape index (κ2) is 4.83. The first-order chi connectivity index (χ1) is 7.65. The van der Waals surface area contributed by atoms with E-state index in [2.05, 4.69) is 24.5 Å². The van der Waals surface area contributed by atoms with Crippen molar-refractivity contribution >= 4 is 5.69 Å². The van der Waals surface area contributed by atoms with Crippen LogP contribution in [0.4, 0.5) is 10.1 Å². The van der Waals surface area contributed by atoms with Crippen molar-refractivity contribution in [1.82, 2.24) is 5.32 Å². The van der Waals surface area contributed by atoms with Gasteiger partial charge in [-0.2, -0.15) is 0 Å². The minimum absolute atomic E-state index is 0.141. The first-order valence-electron chi connectivity index (χ1n) is 5.91. The predicted octanol–water partition coefficient (Wildman–Crippen LogP) is 2.41. The minimum Gasteiger partial charge on any atom is -0.384 e. The molecule has 88 valence electrons. The third kappa shape index (κ3) is 2.73. The number of halogens is 1. The lowest BCUT2D eigenvalue weighted by atomic mass is 9.93. The highest BCUT2D eigenvalue weighted by Gasteiger charge is 2.18. The quantitative estimate of drug-likeness (QED) is 0.820. The van der Waals surface area contributed by atoms with Crippen LogP contribution in [0.3, 0.4) is 0 Å². The number of anilines is 1. The predicted molar refractivity (Wildman–Crippen MR) is 65.2 cm³/mol. The van der Waals surface area contributed by atoms with Gasteiger partial charge in [-0.3, -0.25) is 0 Å². The average Bonchev–Trinajstić information content (AvgIpc) is 2.25. The molecule has 0 amide bonds. The normalized spacial score (nSPS) is 19.4. The van der Waals surface area contributed by atoms with Gasteiger partial charge < -0.3 is 10.6 Å². The molecular weight excluding hydrogens is 203 g/mol. The fraction of sp³-hybridized carbons (Fsp3) is 0.538. The van der Waals surface area contributed by atoms with E-state index >= 15 is 0 Å². The molecule has 1 unspecified atom stereocenters. The van der Waals surface area contributed by atoms with Crippen LogP contribution < -0.4 is 10.6 Å². The highest BCUT2D eigenvalue weighted by Crippen LogP contribution is 2.25. The van der Waals surface area contributed by atoms with Crippen LogP contribution in [0.25, 0.3) is 0 Å². The van der Waals surface area contributed by atoms with E-state index in [9.17, 15) is 4.39 Å². The zero-order valence-corrected chi connectivity index (χ0v) is 9.89. The van der Waals surface area contributed by atoms with Gasteiger partial charge in [-0.15, -0.1) is 0 Å². The average molecular weight is 222 g/mol. The second-order valence-electron chi connectivity index (χ2n) is 4.82. The van der Waals surface area contributed by atoms with Gasteiger partial charge in [0.1, 0.15) is 5.82 Å². The SMILES string of the molecule is CC(C)NCC1CNc2ccc(F)cc2C1. The van der Waals surface area contributed by atoms with Crippen LogP contribution in [0, 0.1) is 11.7 Å². The van der Waals surface area contributed by atoms with Gasteiger partial charge in [-0.1, -0.05) is 13.8 Å². The molecule has 0 bridgehead atoms. The maximum Gasteiger partial charge on any atom is 0.123 e. The van der Waals surface area contributed by atoms with Gasteiger partial charge >= 0.3 is 0 Å². The molecule has 0 saturated heterocycles. The van der Waals surface area contributed by atoms with Crippen LogP contribution in [0.2, 0.25) is 0 Å². The smallest absolute Gasteiger partial charge is 0.123 e. The summed E-state index contributed by atoms with van der Waals surface area (Å²) in [7, 11) is 0. The Morgan fingerprint density at radius 2 is 2.31 bits per heavy atom. The molecule has 0 saturated carbocycles. The number of nitrogens with one attached hydrogen (secondary N) is 2. The number of fused-ring (bicyclic) bond motifs is 1. The molecule has 2 nitrogen and oxygen atoms in total. The van der Waals surface area contributed by atoms with Crippen LogP contribution in [0.5, 0.6) is 0 Å². The van der Waals surface area contributed by atoms with E-state index < -0.39 is 0 Å². The van der Waals surface area contributed by atoms with E-state index in [-0.39, 0.29) is 5.82 Å². The Hall–Kier alpha value is -1.09. The van der Waals surface area contributed by atoms with Gasteiger partial charge in [-0.25, -0.2) is 4.39 Å². The van der Waals surface area contributed by atoms with Gasteiger partial charge in [0, 0.05) is 24.8 Å². The van der Waals surface area contributed by atoms with Crippen molar-refractivity contribution in [1.29, 1.82) is 0 Å². The Morgan fingerprint density at radius 3 is 3.06 bits per heavy atom. The summed E-state index contributed by atoms with van der Waals surface area (Å²) in [5.41, 5.74) is 2.18. The highest BCUT2D eigenvalue weighted by molar-refractivity contribution is 5.53. The Morgan fingerprint density at radius 1 is 1.50 bits per heavy atom. The third-order valence-electron chi connectivity index (χ3n) is 2.97. The molecule has 1 aliphatic heterocycles. The van der Waals surface area contributed by atoms with Crippen molar-refractivity contribution < 1.29 is 4.39 Å². The van der Waals surface area contributed by atoms with Crippen LogP contribution in [-0.4, -0.2) is 19.1 Å². The first-order valence-corrected chi connectivity index (χ1v) is 5.91. The van der Waals surface area contributed by atoms with E-state index in [0.717, 1.165) is 30.8 Å². The Labute approximate surface area is 96.2 Å². The van der Waals surface area contributed by atoms with Crippen molar-refractivity contribution in [2.24, 2.45) is 5.92 Å². The molecule has 2 rings (SSSR count). The highest BCUT2D eigenvalue weighted by atomic mass is 19.1. The monoisotopic (exact) mass is 222 g/mol. The number of rotatable bonds is 3. The zero-order valence-electron chi connectivity index (χ0n) is 9.89. The molecule has 3 heteroatoms. The molecule has 16 heavy (non-hydrogen) atoms. The molecule has 0 aliphatic carbocycles. The number of hydrogen-bond acceptors (Lipinski definition) is 2. The van der Waals surface area contributed by atoms with Gasteiger partial charge in [0.2, 0.25) is 0 Å². The van der Waals surface area contributed by atoms with E-state index in [4.69, 9.17) is 0 Å². The van der Waals surface area contributed by atoms with Gasteiger partial charge in [0.15, 0.2) is 0 Å². The van der Waals surface area contributed by atoms with Crippen LogP contribution in [0.1, 0.15) is 19.4 Å². The summed E-state index contributed by atoms with van der Waals surface area (Å²) in [6.07, 6.45) is 0.958. The van der Waals surface area contributed by atoms with Gasteiger partial charge in [0.05, 0.1) is 0 Å². The summed E-state index contributed by atoms with van der Waals surface area (Å²) in [5, 5.41) is 6.78. The summed E-state index contributed by atoms with van der Waals surface area (Å²) in [4.78, 5) is 0. The Balaban J connectivity index is 1.99. The van der Waals surface area contributed by atoms with Crippen molar-refractivity contribution in [3.63, 3.8) is 0 Å². The standard InChI is InChI=1S/C13H19FN2/c1-9(2)15-7-10-5-11-6-12(14)3-4-13(11)16-8-10/h3-4,6,9-10,15-16H,5,7-8H2,1-2H3. The van der Waals surface area contributed by atoms with Gasteiger partial charge in [-0.05, 0) is 36.1 Å². The van der Waals surface area contributed by atoms with Crippen LogP contribution in [0.15, 0.2) is 18.2 Å². The molecule has 1 atom stereocenters. The van der Waals surface area contributed by atoms with Crippen molar-refractivity contribution in [2.45, 2.75) is 26.3 Å². The molecule has 1 aromatic carbocycles. The molecule has 1 aliphatic rings. The number of benzene rings is 1. The molecule has 0 fully saturated rings. The minimum atomic E-state index is -0.141. The van der Waals surface area contributed by atoms with Crippen LogP contribution >= 0.6 is 0 Å². The van der Waals surface area contributed by atoms with E-state index in [1.54, 1.807) is 6.07 Å². The van der Waals surface area contributed by atoms with E-state index in [1.165, 1.54) is 6.07 Å². The second-order valence-corrected chi connectivity index (χ2v) is 4.82. The molecule has 2 N–H and O–H groups in total. The molecule has 0 aromatic heterocycles. The zero-order chi connectivity index (χ0) is 11.5. The van der Waals surface area contributed by atoms with E-state index in [1.807, 2.05) is 6.07 Å². The molecule has 0 radical (unpaired) electrons. The van der Waals surface area contributed by atoms with Crippen molar-refractivity contribution in [3.05, 3.63) is 29.6 Å². The summed E-state index contributed by atoms with van der Waals surface area (Å²) < 4.78 is 13.1. The fourth-order valence-electron chi connectivity index (χ4n) is 2.09. The summed E-state index contributed by atoms with van der Waals surface area (Å²) in [5.74, 6) is 0.412. The lowest BCUT2D eigenvalue weighted by Gasteiger charge is -2.27. The topological polar surface area (TPSA) is 24.1 Å². The first kappa shape index (κ1) is 11.4. The Kier molecular flexibility index (Phi) is 3.44. The van der Waals surface area contributed by atoms with Crippen molar-refractivity contribution in [3.8, 4) is 0 Å². The molecule has 1 heterocycles. The third-order valence-corrected chi connectivity index (χ3v) is 2.97. The van der Waals surface area contributed by atoms with Gasteiger partial charge in [0.25, 0.3) is 0 Å². The maximum absolute atomic E-state index is 13.1. The largest absolute Gasteiger partial charge is 0.384 e. The molecule has 0 spiro atoms. The van der Waals surface area contributed by atoms with Crippen LogP contribution in [-0.2, 0) is 6.42 Å². The lowest BCUT2D eigenvalue weighted by Crippen LogP contribution is -2.35. The lowest BCUT2D eigenvalue weighted by molar-refractivity contribution is 0.454. The molecule has 1 aromatic rings. The summed E-state index contributed by atoms with van der Waals surface area (Å²) >= 11 is 0. The summed E-state index contributed by atoms with van der Waals surface area (Å²) in [6.45, 7) is 6.24. The molecular formula is C13H19FN2.